The average molecular weight is 342 g/mol. The third-order valence-electron chi connectivity index (χ3n) is 3.70. The monoisotopic (exact) mass is 342 g/mol. The first kappa shape index (κ1) is 19.1. The lowest BCUT2D eigenvalue weighted by molar-refractivity contribution is -0.277. The molecule has 7 nitrogen and oxygen atoms in total. The zero-order valence-electron chi connectivity index (χ0n) is 14.1. The number of ether oxygens (including phenoxy) is 3. The first-order chi connectivity index (χ1) is 11.2. The molecule has 24 heavy (non-hydrogen) atoms. The van der Waals surface area contributed by atoms with Crippen LogP contribution >= 0.6 is 0 Å². The normalized spacial score (nSPS) is 31.0. The van der Waals surface area contributed by atoms with Gasteiger partial charge in [0.1, 0.15) is 30.2 Å². The van der Waals surface area contributed by atoms with E-state index in [9.17, 15) is 15.3 Å². The lowest BCUT2D eigenvalue weighted by Gasteiger charge is -2.39. The van der Waals surface area contributed by atoms with Gasteiger partial charge >= 0.3 is 0 Å². The Balaban J connectivity index is 1.97. The minimum atomic E-state index is -1.46. The zero-order valence-corrected chi connectivity index (χ0v) is 14.1. The summed E-state index contributed by atoms with van der Waals surface area (Å²) in [7, 11) is 0. The highest BCUT2D eigenvalue weighted by atomic mass is 16.7. The molecule has 0 radical (unpaired) electrons. The van der Waals surface area contributed by atoms with Gasteiger partial charge in [-0.3, -0.25) is 0 Å². The summed E-state index contributed by atoms with van der Waals surface area (Å²) in [6.07, 6.45) is -6.46. The van der Waals surface area contributed by atoms with E-state index in [0.29, 0.717) is 12.4 Å². The summed E-state index contributed by atoms with van der Waals surface area (Å²) in [4.78, 5) is 0. The van der Waals surface area contributed by atoms with Crippen molar-refractivity contribution in [3.8, 4) is 5.75 Å². The molecule has 2 rings (SSSR count). The van der Waals surface area contributed by atoms with Crippen molar-refractivity contribution < 1.29 is 34.6 Å². The SMILES string of the molecule is CC(C)(C)OCc1ccc(OC2OC(CO)C(O)C(O)C2O)cc1. The highest BCUT2D eigenvalue weighted by Gasteiger charge is 2.44. The van der Waals surface area contributed by atoms with Crippen molar-refractivity contribution in [3.63, 3.8) is 0 Å². The summed E-state index contributed by atoms with van der Waals surface area (Å²) < 4.78 is 16.5. The molecule has 4 N–H and O–H groups in total. The fourth-order valence-corrected chi connectivity index (χ4v) is 2.26. The van der Waals surface area contributed by atoms with Gasteiger partial charge in [-0.25, -0.2) is 0 Å². The molecular formula is C17H26O7. The predicted octanol–water partition coefficient (Wildman–Crippen LogP) is 0.180. The van der Waals surface area contributed by atoms with Gasteiger partial charge in [0.25, 0.3) is 0 Å². The molecule has 1 aromatic carbocycles. The number of rotatable bonds is 5. The van der Waals surface area contributed by atoms with E-state index < -0.39 is 37.3 Å². The van der Waals surface area contributed by atoms with E-state index in [0.717, 1.165) is 5.56 Å². The van der Waals surface area contributed by atoms with Crippen LogP contribution in [0.15, 0.2) is 24.3 Å². The average Bonchev–Trinajstić information content (AvgIpc) is 2.54. The maximum absolute atomic E-state index is 9.95. The molecule has 0 saturated carbocycles. The molecule has 1 aliphatic heterocycles. The summed E-state index contributed by atoms with van der Waals surface area (Å²) in [5.41, 5.74) is 0.733. The van der Waals surface area contributed by atoms with E-state index in [1.807, 2.05) is 32.9 Å². The Morgan fingerprint density at radius 3 is 2.17 bits per heavy atom. The quantitative estimate of drug-likeness (QED) is 0.604. The molecule has 0 amide bonds. The minimum Gasteiger partial charge on any atom is -0.462 e. The predicted molar refractivity (Wildman–Crippen MR) is 85.4 cm³/mol. The second-order valence-corrected chi connectivity index (χ2v) is 6.86. The Morgan fingerprint density at radius 2 is 1.62 bits per heavy atom. The molecule has 136 valence electrons. The van der Waals surface area contributed by atoms with Crippen molar-refractivity contribution in [1.82, 2.24) is 0 Å². The standard InChI is InChI=1S/C17H26O7/c1-17(2,3)22-9-10-4-6-11(7-5-10)23-16-15(21)14(20)13(19)12(8-18)24-16/h4-7,12-16,18-21H,8-9H2,1-3H3. The summed E-state index contributed by atoms with van der Waals surface area (Å²) in [5, 5.41) is 38.6. The van der Waals surface area contributed by atoms with Gasteiger partial charge in [-0.05, 0) is 38.5 Å². The van der Waals surface area contributed by atoms with E-state index in [1.165, 1.54) is 0 Å². The molecule has 1 fully saturated rings. The second kappa shape index (κ2) is 7.77. The van der Waals surface area contributed by atoms with Gasteiger partial charge in [-0.1, -0.05) is 12.1 Å². The van der Waals surface area contributed by atoms with Gasteiger partial charge in [0, 0.05) is 0 Å². The van der Waals surface area contributed by atoms with Crippen LogP contribution in [-0.4, -0.2) is 63.3 Å². The van der Waals surface area contributed by atoms with E-state index in [4.69, 9.17) is 19.3 Å². The summed E-state index contributed by atoms with van der Waals surface area (Å²) in [6, 6.07) is 7.04. The number of hydrogen-bond donors (Lipinski definition) is 4. The van der Waals surface area contributed by atoms with Crippen LogP contribution in [0.1, 0.15) is 26.3 Å². The topological polar surface area (TPSA) is 109 Å². The van der Waals surface area contributed by atoms with Gasteiger partial charge in [-0.15, -0.1) is 0 Å². The highest BCUT2D eigenvalue weighted by molar-refractivity contribution is 5.27. The maximum Gasteiger partial charge on any atom is 0.229 e. The molecule has 0 spiro atoms. The Hall–Kier alpha value is -1.22. The van der Waals surface area contributed by atoms with Crippen molar-refractivity contribution in [2.75, 3.05) is 6.61 Å². The van der Waals surface area contributed by atoms with Crippen LogP contribution in [0, 0.1) is 0 Å². The largest absolute Gasteiger partial charge is 0.462 e. The van der Waals surface area contributed by atoms with Crippen LogP contribution in [0.4, 0.5) is 0 Å². The van der Waals surface area contributed by atoms with Crippen LogP contribution in [0.25, 0.3) is 0 Å². The highest BCUT2D eigenvalue weighted by Crippen LogP contribution is 2.24. The van der Waals surface area contributed by atoms with Gasteiger partial charge in [-0.2, -0.15) is 0 Å². The van der Waals surface area contributed by atoms with Crippen LogP contribution in [0.2, 0.25) is 0 Å². The molecule has 1 aliphatic rings. The van der Waals surface area contributed by atoms with Crippen molar-refractivity contribution in [2.24, 2.45) is 0 Å². The number of benzene rings is 1. The van der Waals surface area contributed by atoms with Crippen LogP contribution in [-0.2, 0) is 16.1 Å². The fraction of sp³-hybridized carbons (Fsp3) is 0.647. The number of aliphatic hydroxyl groups excluding tert-OH is 4. The minimum absolute atomic E-state index is 0.231. The van der Waals surface area contributed by atoms with Crippen molar-refractivity contribution in [1.29, 1.82) is 0 Å². The van der Waals surface area contributed by atoms with E-state index in [2.05, 4.69) is 0 Å². The first-order valence-corrected chi connectivity index (χ1v) is 7.91. The van der Waals surface area contributed by atoms with E-state index in [1.54, 1.807) is 12.1 Å². The third kappa shape index (κ3) is 4.89. The molecular weight excluding hydrogens is 316 g/mol. The zero-order chi connectivity index (χ0) is 17.9. The first-order valence-electron chi connectivity index (χ1n) is 7.91. The molecule has 1 aromatic rings. The van der Waals surface area contributed by atoms with Gasteiger partial charge in [0.2, 0.25) is 6.29 Å². The lowest BCUT2D eigenvalue weighted by Crippen LogP contribution is -2.60. The van der Waals surface area contributed by atoms with Gasteiger partial charge in [0.05, 0.1) is 18.8 Å². The summed E-state index contributed by atoms with van der Waals surface area (Å²) in [5.74, 6) is 0.429. The molecule has 0 aliphatic carbocycles. The molecule has 0 bridgehead atoms. The van der Waals surface area contributed by atoms with Crippen LogP contribution in [0.5, 0.6) is 5.75 Å². The molecule has 5 unspecified atom stereocenters. The van der Waals surface area contributed by atoms with Gasteiger partial charge in [0.15, 0.2) is 0 Å². The summed E-state index contributed by atoms with van der Waals surface area (Å²) >= 11 is 0. The Bertz CT molecular complexity index is 509. The summed E-state index contributed by atoms with van der Waals surface area (Å²) in [6.45, 7) is 5.90. The van der Waals surface area contributed by atoms with Crippen molar-refractivity contribution in [2.45, 2.75) is 63.7 Å². The smallest absolute Gasteiger partial charge is 0.229 e. The molecule has 7 heteroatoms. The van der Waals surface area contributed by atoms with Crippen molar-refractivity contribution >= 4 is 0 Å². The fourth-order valence-electron chi connectivity index (χ4n) is 2.26. The second-order valence-electron chi connectivity index (χ2n) is 6.86. The Kier molecular flexibility index (Phi) is 6.19. The van der Waals surface area contributed by atoms with Crippen LogP contribution < -0.4 is 4.74 Å². The van der Waals surface area contributed by atoms with Crippen molar-refractivity contribution in [3.05, 3.63) is 29.8 Å². The Labute approximate surface area is 141 Å². The number of hydrogen-bond acceptors (Lipinski definition) is 7. The lowest BCUT2D eigenvalue weighted by atomic mass is 9.99. The third-order valence-corrected chi connectivity index (χ3v) is 3.70. The van der Waals surface area contributed by atoms with E-state index in [-0.39, 0.29) is 5.60 Å². The molecule has 0 aromatic heterocycles. The Morgan fingerprint density at radius 1 is 1.00 bits per heavy atom. The molecule has 5 atom stereocenters. The maximum atomic E-state index is 9.95. The number of aliphatic hydroxyl groups is 4. The van der Waals surface area contributed by atoms with Gasteiger partial charge < -0.3 is 34.6 Å². The van der Waals surface area contributed by atoms with E-state index >= 15 is 0 Å². The molecule has 1 heterocycles. The molecule has 1 saturated heterocycles. The van der Waals surface area contributed by atoms with Crippen LogP contribution in [0.3, 0.4) is 0 Å².